The van der Waals surface area contributed by atoms with Gasteiger partial charge in [-0.3, -0.25) is 9.78 Å². The highest BCUT2D eigenvalue weighted by Gasteiger charge is 2.31. The molecule has 0 saturated carbocycles. The standard InChI is InChI=1S/C20H22N4O2.ClH/c1-20(2)12-24(3)11-15-8-16(10-22-18(15)20)23-19(25)13-5-6-17(26-4)14(7-13)9-21;/h5-8,10H,11-12H2,1-4H3,(H,23,25);1H. The van der Waals surface area contributed by atoms with Crippen molar-refractivity contribution in [3.8, 4) is 11.8 Å². The van der Waals surface area contributed by atoms with Gasteiger partial charge in [-0.25, -0.2) is 0 Å². The predicted molar refractivity (Wildman–Crippen MR) is 107 cm³/mol. The van der Waals surface area contributed by atoms with E-state index in [4.69, 9.17) is 4.74 Å². The molecule has 2 aromatic rings. The number of benzene rings is 1. The molecule has 1 aliphatic rings. The zero-order valence-corrected chi connectivity index (χ0v) is 16.7. The maximum Gasteiger partial charge on any atom is 0.255 e. The summed E-state index contributed by atoms with van der Waals surface area (Å²) in [4.78, 5) is 19.4. The van der Waals surface area contributed by atoms with Crippen molar-refractivity contribution in [2.45, 2.75) is 25.8 Å². The van der Waals surface area contributed by atoms with E-state index < -0.39 is 0 Å². The number of pyridine rings is 1. The number of halogens is 1. The van der Waals surface area contributed by atoms with Gasteiger partial charge in [0.15, 0.2) is 0 Å². The molecule has 7 heteroatoms. The number of methoxy groups -OCH3 is 1. The topological polar surface area (TPSA) is 78.2 Å². The monoisotopic (exact) mass is 386 g/mol. The molecule has 1 N–H and O–H groups in total. The SMILES string of the molecule is COc1ccc(C(=O)Nc2cnc3c(c2)CN(C)CC3(C)C)cc1C#N.Cl. The summed E-state index contributed by atoms with van der Waals surface area (Å²) in [6.07, 6.45) is 1.69. The van der Waals surface area contributed by atoms with Crippen molar-refractivity contribution in [1.29, 1.82) is 5.26 Å². The number of carbonyl (C=O) groups excluding carboxylic acids is 1. The van der Waals surface area contributed by atoms with Crippen LogP contribution in [0.5, 0.6) is 5.75 Å². The van der Waals surface area contributed by atoms with Crippen LogP contribution in [-0.4, -0.2) is 36.5 Å². The van der Waals surface area contributed by atoms with Crippen LogP contribution in [0.4, 0.5) is 5.69 Å². The average molecular weight is 387 g/mol. The molecule has 142 valence electrons. The lowest BCUT2D eigenvalue weighted by atomic mass is 9.82. The summed E-state index contributed by atoms with van der Waals surface area (Å²) < 4.78 is 5.11. The number of amides is 1. The number of likely N-dealkylation sites (N-methyl/N-ethyl adjacent to an activating group) is 1. The fourth-order valence-electron chi connectivity index (χ4n) is 3.54. The molecule has 1 aliphatic heterocycles. The normalized spacial score (nSPS) is 15.1. The molecule has 2 heterocycles. The van der Waals surface area contributed by atoms with Gasteiger partial charge in [0.05, 0.1) is 30.3 Å². The molecule has 0 aliphatic carbocycles. The molecule has 1 amide bonds. The number of nitrogens with one attached hydrogen (secondary N) is 1. The zero-order valence-electron chi connectivity index (χ0n) is 15.9. The van der Waals surface area contributed by atoms with Crippen LogP contribution in [0.3, 0.4) is 0 Å². The molecule has 3 rings (SSSR count). The summed E-state index contributed by atoms with van der Waals surface area (Å²) in [7, 11) is 3.57. The lowest BCUT2D eigenvalue weighted by molar-refractivity contribution is 0.102. The first-order valence-electron chi connectivity index (χ1n) is 8.41. The van der Waals surface area contributed by atoms with E-state index >= 15 is 0 Å². The Hall–Kier alpha value is -2.62. The number of carbonyl (C=O) groups is 1. The second kappa shape index (κ2) is 7.95. The summed E-state index contributed by atoms with van der Waals surface area (Å²) in [5.74, 6) is 0.166. The van der Waals surface area contributed by atoms with Gasteiger partial charge < -0.3 is 15.0 Å². The minimum Gasteiger partial charge on any atom is -0.495 e. The third-order valence-corrected chi connectivity index (χ3v) is 4.55. The third-order valence-electron chi connectivity index (χ3n) is 4.55. The Balaban J connectivity index is 0.00000261. The van der Waals surface area contributed by atoms with Crippen LogP contribution in [-0.2, 0) is 12.0 Å². The second-order valence-electron chi connectivity index (χ2n) is 7.27. The first-order valence-corrected chi connectivity index (χ1v) is 8.41. The van der Waals surface area contributed by atoms with Gasteiger partial charge in [-0.2, -0.15) is 5.26 Å². The summed E-state index contributed by atoms with van der Waals surface area (Å²) in [5, 5.41) is 12.0. The Morgan fingerprint density at radius 3 is 2.78 bits per heavy atom. The Kier molecular flexibility index (Phi) is 6.09. The summed E-state index contributed by atoms with van der Waals surface area (Å²) in [6, 6.07) is 8.80. The van der Waals surface area contributed by atoms with Gasteiger partial charge in [0.25, 0.3) is 5.91 Å². The highest BCUT2D eigenvalue weighted by Crippen LogP contribution is 2.32. The number of hydrogen-bond donors (Lipinski definition) is 1. The number of nitrogens with zero attached hydrogens (tertiary/aromatic N) is 3. The lowest BCUT2D eigenvalue weighted by Gasteiger charge is -2.37. The van der Waals surface area contributed by atoms with Gasteiger partial charge in [0.2, 0.25) is 0 Å². The van der Waals surface area contributed by atoms with Crippen molar-refractivity contribution in [1.82, 2.24) is 9.88 Å². The van der Waals surface area contributed by atoms with Crippen molar-refractivity contribution in [3.05, 3.63) is 52.8 Å². The molecule has 6 nitrogen and oxygen atoms in total. The maximum atomic E-state index is 12.5. The van der Waals surface area contributed by atoms with Crippen molar-refractivity contribution >= 4 is 24.0 Å². The molecule has 1 aromatic carbocycles. The molecular formula is C20H23ClN4O2. The number of rotatable bonds is 3. The minimum absolute atomic E-state index is 0. The van der Waals surface area contributed by atoms with Crippen LogP contribution >= 0.6 is 12.4 Å². The van der Waals surface area contributed by atoms with Crippen molar-refractivity contribution in [2.75, 3.05) is 26.0 Å². The molecule has 1 aromatic heterocycles. The first kappa shape index (κ1) is 20.7. The largest absolute Gasteiger partial charge is 0.495 e. The molecular weight excluding hydrogens is 364 g/mol. The summed E-state index contributed by atoms with van der Waals surface area (Å²) in [5.41, 5.74) is 3.54. The number of hydrogen-bond acceptors (Lipinski definition) is 5. The fourth-order valence-corrected chi connectivity index (χ4v) is 3.54. The Morgan fingerprint density at radius 1 is 1.37 bits per heavy atom. The van der Waals surface area contributed by atoms with Crippen molar-refractivity contribution in [3.63, 3.8) is 0 Å². The number of nitriles is 1. The predicted octanol–water partition coefficient (Wildman–Crippen LogP) is 3.36. The van der Waals surface area contributed by atoms with Gasteiger partial charge in [-0.15, -0.1) is 12.4 Å². The van der Waals surface area contributed by atoms with E-state index in [1.165, 1.54) is 13.2 Å². The Morgan fingerprint density at radius 2 is 2.11 bits per heavy atom. The summed E-state index contributed by atoms with van der Waals surface area (Å²) in [6.45, 7) is 6.10. The number of fused-ring (bicyclic) bond motifs is 1. The quantitative estimate of drug-likeness (QED) is 0.875. The second-order valence-corrected chi connectivity index (χ2v) is 7.27. The van der Waals surface area contributed by atoms with Crippen LogP contribution in [0.1, 0.15) is 41.0 Å². The molecule has 0 saturated heterocycles. The third kappa shape index (κ3) is 4.21. The van der Waals surface area contributed by atoms with Crippen molar-refractivity contribution < 1.29 is 9.53 Å². The molecule has 0 atom stereocenters. The Labute approximate surface area is 165 Å². The summed E-state index contributed by atoms with van der Waals surface area (Å²) >= 11 is 0. The maximum absolute atomic E-state index is 12.5. The molecule has 0 radical (unpaired) electrons. The molecule has 27 heavy (non-hydrogen) atoms. The van der Waals surface area contributed by atoms with E-state index in [1.54, 1.807) is 18.3 Å². The van der Waals surface area contributed by atoms with E-state index in [0.717, 1.165) is 24.3 Å². The van der Waals surface area contributed by atoms with Crippen LogP contribution in [0, 0.1) is 11.3 Å². The van der Waals surface area contributed by atoms with Gasteiger partial charge in [0.1, 0.15) is 11.8 Å². The Bertz CT molecular complexity index is 905. The van der Waals surface area contributed by atoms with Crippen LogP contribution < -0.4 is 10.1 Å². The van der Waals surface area contributed by atoms with E-state index in [2.05, 4.69) is 36.1 Å². The first-order chi connectivity index (χ1) is 12.3. The average Bonchev–Trinajstić information content (AvgIpc) is 2.59. The number of ether oxygens (including phenoxy) is 1. The minimum atomic E-state index is -0.283. The van der Waals surface area contributed by atoms with Crippen LogP contribution in [0.25, 0.3) is 0 Å². The lowest BCUT2D eigenvalue weighted by Crippen LogP contribution is -2.40. The van der Waals surface area contributed by atoms with Gasteiger partial charge in [-0.1, -0.05) is 13.8 Å². The van der Waals surface area contributed by atoms with Gasteiger partial charge in [-0.05, 0) is 36.9 Å². The van der Waals surface area contributed by atoms with Gasteiger partial charge in [0, 0.05) is 24.1 Å². The molecule has 0 bridgehead atoms. The van der Waals surface area contributed by atoms with Crippen LogP contribution in [0.15, 0.2) is 30.5 Å². The zero-order chi connectivity index (χ0) is 18.9. The highest BCUT2D eigenvalue weighted by molar-refractivity contribution is 6.04. The van der Waals surface area contributed by atoms with Crippen molar-refractivity contribution in [2.24, 2.45) is 0 Å². The van der Waals surface area contributed by atoms with Gasteiger partial charge >= 0.3 is 0 Å². The van der Waals surface area contributed by atoms with E-state index in [-0.39, 0.29) is 23.7 Å². The smallest absolute Gasteiger partial charge is 0.255 e. The van der Waals surface area contributed by atoms with E-state index in [0.29, 0.717) is 22.6 Å². The highest BCUT2D eigenvalue weighted by atomic mass is 35.5. The molecule has 0 unspecified atom stereocenters. The number of aromatic nitrogens is 1. The van der Waals surface area contributed by atoms with E-state index in [9.17, 15) is 10.1 Å². The van der Waals surface area contributed by atoms with Crippen LogP contribution in [0.2, 0.25) is 0 Å². The number of anilines is 1. The molecule has 0 spiro atoms. The van der Waals surface area contributed by atoms with E-state index in [1.807, 2.05) is 12.1 Å². The molecule has 0 fully saturated rings. The fraction of sp³-hybridized carbons (Fsp3) is 0.350.